The average Bonchev–Trinajstić information content (AvgIpc) is 3.03. The first-order valence-electron chi connectivity index (χ1n) is 8.01. The SMILES string of the molecule is C[C@H](NC(=S)N[C@H](C)c1ccccc1)c1ccc2c(c1)CCO2. The third-order valence-corrected chi connectivity index (χ3v) is 4.44. The standard InChI is InChI=1S/C19H22N2OS/c1-13(15-6-4-3-5-7-15)20-19(23)21-14(2)16-8-9-18-17(12-16)10-11-22-18/h3-9,12-14H,10-11H2,1-2H3,(H2,20,21,23)/t13-,14+/m1/s1. The number of ether oxygens (including phenoxy) is 1. The Morgan fingerprint density at radius 2 is 1.70 bits per heavy atom. The summed E-state index contributed by atoms with van der Waals surface area (Å²) in [5, 5.41) is 7.38. The summed E-state index contributed by atoms with van der Waals surface area (Å²) < 4.78 is 5.56. The number of hydrogen-bond donors (Lipinski definition) is 2. The summed E-state index contributed by atoms with van der Waals surface area (Å²) in [5.74, 6) is 1.01. The molecule has 1 aliphatic heterocycles. The van der Waals surface area contributed by atoms with Gasteiger partial charge in [0.15, 0.2) is 5.11 Å². The van der Waals surface area contributed by atoms with Crippen molar-refractivity contribution in [3.63, 3.8) is 0 Å². The first-order chi connectivity index (χ1) is 11.1. The third kappa shape index (κ3) is 3.82. The van der Waals surface area contributed by atoms with Crippen LogP contribution in [-0.2, 0) is 6.42 Å². The van der Waals surface area contributed by atoms with Gasteiger partial charge in [-0.15, -0.1) is 0 Å². The van der Waals surface area contributed by atoms with Crippen molar-refractivity contribution in [2.45, 2.75) is 32.4 Å². The van der Waals surface area contributed by atoms with Crippen molar-refractivity contribution in [2.75, 3.05) is 6.61 Å². The molecule has 2 aromatic carbocycles. The lowest BCUT2D eigenvalue weighted by atomic mass is 10.0. The van der Waals surface area contributed by atoms with Gasteiger partial charge < -0.3 is 15.4 Å². The lowest BCUT2D eigenvalue weighted by Crippen LogP contribution is -2.38. The summed E-state index contributed by atoms with van der Waals surface area (Å²) in [6.07, 6.45) is 0.990. The maximum atomic E-state index is 5.56. The fraction of sp³-hybridized carbons (Fsp3) is 0.316. The van der Waals surface area contributed by atoms with E-state index in [4.69, 9.17) is 17.0 Å². The van der Waals surface area contributed by atoms with Crippen molar-refractivity contribution in [3.8, 4) is 5.75 Å². The molecule has 0 aromatic heterocycles. The van der Waals surface area contributed by atoms with Crippen LogP contribution in [0.3, 0.4) is 0 Å². The molecule has 0 radical (unpaired) electrons. The number of nitrogens with one attached hydrogen (secondary N) is 2. The van der Waals surface area contributed by atoms with E-state index < -0.39 is 0 Å². The molecule has 2 N–H and O–H groups in total. The van der Waals surface area contributed by atoms with E-state index in [2.05, 4.69) is 54.8 Å². The van der Waals surface area contributed by atoms with Crippen LogP contribution in [0.2, 0.25) is 0 Å². The summed E-state index contributed by atoms with van der Waals surface area (Å²) >= 11 is 5.46. The maximum absolute atomic E-state index is 5.56. The van der Waals surface area contributed by atoms with Gasteiger partial charge in [0.25, 0.3) is 0 Å². The molecule has 0 aliphatic carbocycles. The zero-order valence-electron chi connectivity index (χ0n) is 13.5. The molecular weight excluding hydrogens is 304 g/mol. The highest BCUT2D eigenvalue weighted by molar-refractivity contribution is 7.80. The molecule has 0 unspecified atom stereocenters. The monoisotopic (exact) mass is 326 g/mol. The molecule has 1 heterocycles. The molecule has 4 heteroatoms. The van der Waals surface area contributed by atoms with E-state index in [0.29, 0.717) is 5.11 Å². The Kier molecular flexibility index (Phi) is 4.82. The lowest BCUT2D eigenvalue weighted by Gasteiger charge is -2.21. The first kappa shape index (κ1) is 15.8. The normalized spacial score (nSPS) is 15.2. The summed E-state index contributed by atoms with van der Waals surface area (Å²) in [6.45, 7) is 5.02. The highest BCUT2D eigenvalue weighted by Crippen LogP contribution is 2.28. The highest BCUT2D eigenvalue weighted by Gasteiger charge is 2.15. The van der Waals surface area contributed by atoms with Crippen LogP contribution in [0, 0.1) is 0 Å². The molecule has 0 saturated heterocycles. The molecule has 2 atom stereocenters. The topological polar surface area (TPSA) is 33.3 Å². The quantitative estimate of drug-likeness (QED) is 0.835. The summed E-state index contributed by atoms with van der Waals surface area (Å²) in [4.78, 5) is 0. The van der Waals surface area contributed by atoms with Gasteiger partial charge in [-0.2, -0.15) is 0 Å². The van der Waals surface area contributed by atoms with Crippen LogP contribution in [-0.4, -0.2) is 11.7 Å². The van der Waals surface area contributed by atoms with Crippen LogP contribution in [0.25, 0.3) is 0 Å². The van der Waals surface area contributed by atoms with Gasteiger partial charge in [0.2, 0.25) is 0 Å². The van der Waals surface area contributed by atoms with Gasteiger partial charge in [-0.25, -0.2) is 0 Å². The van der Waals surface area contributed by atoms with Gasteiger partial charge in [-0.3, -0.25) is 0 Å². The molecule has 0 spiro atoms. The fourth-order valence-electron chi connectivity index (χ4n) is 2.82. The molecular formula is C19H22N2OS. The van der Waals surface area contributed by atoms with Gasteiger partial charge in [-0.1, -0.05) is 36.4 Å². The number of rotatable bonds is 4. The Hall–Kier alpha value is -2.07. The van der Waals surface area contributed by atoms with Crippen molar-refractivity contribution in [2.24, 2.45) is 0 Å². The Morgan fingerprint density at radius 3 is 2.43 bits per heavy atom. The number of hydrogen-bond acceptors (Lipinski definition) is 2. The Morgan fingerprint density at radius 1 is 1.00 bits per heavy atom. The first-order valence-corrected chi connectivity index (χ1v) is 8.42. The van der Waals surface area contributed by atoms with Crippen LogP contribution >= 0.6 is 12.2 Å². The molecule has 0 bridgehead atoms. The Bertz CT molecular complexity index is 687. The Labute approximate surface area is 143 Å². The highest BCUT2D eigenvalue weighted by atomic mass is 32.1. The van der Waals surface area contributed by atoms with Crippen molar-refractivity contribution in [3.05, 3.63) is 65.2 Å². The second-order valence-electron chi connectivity index (χ2n) is 5.94. The summed E-state index contributed by atoms with van der Waals surface area (Å²) in [7, 11) is 0. The van der Waals surface area contributed by atoms with Gasteiger partial charge >= 0.3 is 0 Å². The largest absolute Gasteiger partial charge is 0.493 e. The third-order valence-electron chi connectivity index (χ3n) is 4.21. The maximum Gasteiger partial charge on any atom is 0.167 e. The predicted octanol–water partition coefficient (Wildman–Crippen LogP) is 3.91. The fourth-order valence-corrected chi connectivity index (χ4v) is 3.17. The molecule has 0 fully saturated rings. The van der Waals surface area contributed by atoms with E-state index in [0.717, 1.165) is 18.8 Å². The van der Waals surface area contributed by atoms with Crippen LogP contribution in [0.15, 0.2) is 48.5 Å². The minimum absolute atomic E-state index is 0.156. The number of fused-ring (bicyclic) bond motifs is 1. The van der Waals surface area contributed by atoms with E-state index in [9.17, 15) is 0 Å². The smallest absolute Gasteiger partial charge is 0.167 e. The van der Waals surface area contributed by atoms with Gasteiger partial charge in [0.1, 0.15) is 5.75 Å². The van der Waals surface area contributed by atoms with E-state index in [1.54, 1.807) is 0 Å². The molecule has 0 saturated carbocycles. The van der Waals surface area contributed by atoms with E-state index in [1.807, 2.05) is 18.2 Å². The van der Waals surface area contributed by atoms with Gasteiger partial charge in [0, 0.05) is 6.42 Å². The van der Waals surface area contributed by atoms with Crippen molar-refractivity contribution < 1.29 is 4.74 Å². The molecule has 1 aliphatic rings. The second-order valence-corrected chi connectivity index (χ2v) is 6.35. The van der Waals surface area contributed by atoms with E-state index in [-0.39, 0.29) is 12.1 Å². The lowest BCUT2D eigenvalue weighted by molar-refractivity contribution is 0.357. The molecule has 23 heavy (non-hydrogen) atoms. The minimum atomic E-state index is 0.156. The second kappa shape index (κ2) is 7.01. The summed E-state index contributed by atoms with van der Waals surface area (Å²) in [5.41, 5.74) is 3.73. The zero-order chi connectivity index (χ0) is 16.2. The molecule has 3 nitrogen and oxygen atoms in total. The summed E-state index contributed by atoms with van der Waals surface area (Å²) in [6, 6.07) is 17.0. The predicted molar refractivity (Wildman–Crippen MR) is 97.8 cm³/mol. The molecule has 3 rings (SSSR count). The van der Waals surface area contributed by atoms with Gasteiger partial charge in [0.05, 0.1) is 18.7 Å². The Balaban J connectivity index is 1.59. The van der Waals surface area contributed by atoms with Crippen LogP contribution in [0.5, 0.6) is 5.75 Å². The molecule has 0 amide bonds. The van der Waals surface area contributed by atoms with Crippen LogP contribution in [0.4, 0.5) is 0 Å². The van der Waals surface area contributed by atoms with Crippen molar-refractivity contribution in [1.82, 2.24) is 10.6 Å². The number of thiocarbonyl (C=S) groups is 1. The van der Waals surface area contributed by atoms with Crippen molar-refractivity contribution in [1.29, 1.82) is 0 Å². The van der Waals surface area contributed by atoms with E-state index in [1.165, 1.54) is 16.7 Å². The van der Waals surface area contributed by atoms with E-state index >= 15 is 0 Å². The number of benzene rings is 2. The average molecular weight is 326 g/mol. The molecule has 120 valence electrons. The minimum Gasteiger partial charge on any atom is -0.493 e. The van der Waals surface area contributed by atoms with Crippen LogP contribution < -0.4 is 15.4 Å². The van der Waals surface area contributed by atoms with Crippen LogP contribution in [0.1, 0.15) is 42.6 Å². The molecule has 2 aromatic rings. The van der Waals surface area contributed by atoms with Crippen molar-refractivity contribution >= 4 is 17.3 Å². The zero-order valence-corrected chi connectivity index (χ0v) is 14.3. The van der Waals surface area contributed by atoms with Gasteiger partial charge in [-0.05, 0) is 54.9 Å².